The van der Waals surface area contributed by atoms with E-state index < -0.39 is 0 Å². The molecule has 1 saturated carbocycles. The van der Waals surface area contributed by atoms with E-state index in [0.29, 0.717) is 5.92 Å². The summed E-state index contributed by atoms with van der Waals surface area (Å²) in [6.07, 6.45) is 5.73. The van der Waals surface area contributed by atoms with Gasteiger partial charge in [-0.1, -0.05) is 37.4 Å². The second kappa shape index (κ2) is 6.69. The average molecular weight is 285 g/mol. The van der Waals surface area contributed by atoms with Crippen LogP contribution < -0.4 is 11.3 Å². The lowest BCUT2D eigenvalue weighted by Gasteiger charge is -2.33. The smallest absolute Gasteiger partial charge is 0.142 e. The molecule has 0 spiro atoms. The molecule has 3 N–H and O–H groups in total. The summed E-state index contributed by atoms with van der Waals surface area (Å²) in [5.74, 6) is 6.68. The second-order valence-electron chi connectivity index (χ2n) is 5.76. The molecular formula is C15H22ClFN2. The Kier molecular flexibility index (Phi) is 5.20. The molecule has 0 heterocycles. The first kappa shape index (κ1) is 14.8. The van der Waals surface area contributed by atoms with Crippen LogP contribution in [0.1, 0.15) is 38.2 Å². The van der Waals surface area contributed by atoms with Gasteiger partial charge < -0.3 is 0 Å². The number of nitrogens with two attached hydrogens (primary N) is 1. The van der Waals surface area contributed by atoms with E-state index in [4.69, 9.17) is 17.4 Å². The zero-order chi connectivity index (χ0) is 13.8. The van der Waals surface area contributed by atoms with E-state index in [0.717, 1.165) is 17.9 Å². The molecule has 4 heteroatoms. The molecule has 0 amide bonds. The number of hydrazine groups is 1. The van der Waals surface area contributed by atoms with Crippen molar-refractivity contribution < 1.29 is 4.39 Å². The number of benzene rings is 1. The fraction of sp³-hybridized carbons (Fsp3) is 0.600. The van der Waals surface area contributed by atoms with E-state index in [-0.39, 0.29) is 16.9 Å². The zero-order valence-electron chi connectivity index (χ0n) is 11.3. The van der Waals surface area contributed by atoms with Gasteiger partial charge in [-0.15, -0.1) is 0 Å². The van der Waals surface area contributed by atoms with Crippen molar-refractivity contribution in [2.24, 2.45) is 17.7 Å². The van der Waals surface area contributed by atoms with Gasteiger partial charge in [0.1, 0.15) is 5.82 Å². The molecule has 19 heavy (non-hydrogen) atoms. The van der Waals surface area contributed by atoms with E-state index in [9.17, 15) is 4.39 Å². The molecule has 0 radical (unpaired) electrons. The van der Waals surface area contributed by atoms with Gasteiger partial charge in [0.15, 0.2) is 0 Å². The maximum Gasteiger partial charge on any atom is 0.142 e. The quantitative estimate of drug-likeness (QED) is 0.654. The third kappa shape index (κ3) is 3.91. The van der Waals surface area contributed by atoms with Crippen LogP contribution in [-0.4, -0.2) is 6.04 Å². The van der Waals surface area contributed by atoms with Gasteiger partial charge in [-0.25, -0.2) is 4.39 Å². The maximum atomic E-state index is 13.5. The molecule has 2 nitrogen and oxygen atoms in total. The van der Waals surface area contributed by atoms with Crippen molar-refractivity contribution in [3.8, 4) is 0 Å². The highest BCUT2D eigenvalue weighted by atomic mass is 35.5. The standard InChI is InChI=1S/C15H22ClFN2/c1-10-3-2-4-12(7-10)15(19-18)9-11-5-6-13(16)14(17)8-11/h5-6,8,10,12,15,19H,2-4,7,9,18H2,1H3. The van der Waals surface area contributed by atoms with Crippen LogP contribution in [0.4, 0.5) is 4.39 Å². The highest BCUT2D eigenvalue weighted by Crippen LogP contribution is 2.32. The molecule has 0 saturated heterocycles. The fourth-order valence-corrected chi connectivity index (χ4v) is 3.25. The SMILES string of the molecule is CC1CCCC(C(Cc2ccc(Cl)c(F)c2)NN)C1. The third-order valence-corrected chi connectivity index (χ3v) is 4.51. The Hall–Kier alpha value is -0.640. The molecule has 2 rings (SSSR count). The van der Waals surface area contributed by atoms with Gasteiger partial charge in [0.2, 0.25) is 0 Å². The molecule has 1 aromatic rings. The van der Waals surface area contributed by atoms with E-state index in [1.165, 1.54) is 31.7 Å². The van der Waals surface area contributed by atoms with E-state index >= 15 is 0 Å². The van der Waals surface area contributed by atoms with Crippen LogP contribution in [-0.2, 0) is 6.42 Å². The second-order valence-corrected chi connectivity index (χ2v) is 6.16. The Morgan fingerprint density at radius 3 is 2.89 bits per heavy atom. The van der Waals surface area contributed by atoms with Crippen LogP contribution >= 0.6 is 11.6 Å². The first-order valence-electron chi connectivity index (χ1n) is 7.00. The van der Waals surface area contributed by atoms with Crippen molar-refractivity contribution in [1.82, 2.24) is 5.43 Å². The van der Waals surface area contributed by atoms with Gasteiger partial charge in [0.25, 0.3) is 0 Å². The van der Waals surface area contributed by atoms with E-state index in [2.05, 4.69) is 12.3 Å². The van der Waals surface area contributed by atoms with Crippen LogP contribution in [0, 0.1) is 17.7 Å². The van der Waals surface area contributed by atoms with Crippen molar-refractivity contribution in [3.05, 3.63) is 34.6 Å². The van der Waals surface area contributed by atoms with Crippen molar-refractivity contribution in [3.63, 3.8) is 0 Å². The molecule has 106 valence electrons. The predicted molar refractivity (Wildman–Crippen MR) is 77.3 cm³/mol. The number of hydrogen-bond donors (Lipinski definition) is 2. The van der Waals surface area contributed by atoms with Crippen molar-refractivity contribution >= 4 is 11.6 Å². The monoisotopic (exact) mass is 284 g/mol. The van der Waals surface area contributed by atoms with E-state index in [1.54, 1.807) is 6.07 Å². The van der Waals surface area contributed by atoms with Gasteiger partial charge in [-0.05, 0) is 48.8 Å². The Morgan fingerprint density at radius 1 is 1.47 bits per heavy atom. The molecule has 3 atom stereocenters. The topological polar surface area (TPSA) is 38.0 Å². The minimum atomic E-state index is -0.355. The number of halogens is 2. The highest BCUT2D eigenvalue weighted by Gasteiger charge is 2.26. The van der Waals surface area contributed by atoms with Crippen LogP contribution in [0.15, 0.2) is 18.2 Å². The van der Waals surface area contributed by atoms with Crippen molar-refractivity contribution in [2.45, 2.75) is 45.1 Å². The molecule has 0 aromatic heterocycles. The molecule has 1 aliphatic carbocycles. The number of nitrogens with one attached hydrogen (secondary N) is 1. The summed E-state index contributed by atoms with van der Waals surface area (Å²) < 4.78 is 13.5. The van der Waals surface area contributed by atoms with Gasteiger partial charge in [0, 0.05) is 6.04 Å². The lowest BCUT2D eigenvalue weighted by Crippen LogP contribution is -2.44. The van der Waals surface area contributed by atoms with Crippen LogP contribution in [0.3, 0.4) is 0 Å². The fourth-order valence-electron chi connectivity index (χ4n) is 3.13. The van der Waals surface area contributed by atoms with Crippen LogP contribution in [0.5, 0.6) is 0 Å². The number of rotatable bonds is 4. The van der Waals surface area contributed by atoms with Crippen molar-refractivity contribution in [1.29, 1.82) is 0 Å². The summed E-state index contributed by atoms with van der Waals surface area (Å²) in [6, 6.07) is 5.22. The summed E-state index contributed by atoms with van der Waals surface area (Å²) in [4.78, 5) is 0. The Labute approximate surface area is 119 Å². The number of hydrogen-bond acceptors (Lipinski definition) is 2. The van der Waals surface area contributed by atoms with Crippen LogP contribution in [0.2, 0.25) is 5.02 Å². The normalized spacial score (nSPS) is 25.3. The lowest BCUT2D eigenvalue weighted by molar-refractivity contribution is 0.222. The molecule has 1 aromatic carbocycles. The van der Waals surface area contributed by atoms with Crippen LogP contribution in [0.25, 0.3) is 0 Å². The van der Waals surface area contributed by atoms with Gasteiger partial charge in [0.05, 0.1) is 5.02 Å². The average Bonchev–Trinajstić information content (AvgIpc) is 2.40. The first-order valence-corrected chi connectivity index (χ1v) is 7.38. The molecule has 0 aliphatic heterocycles. The largest absolute Gasteiger partial charge is 0.271 e. The zero-order valence-corrected chi connectivity index (χ0v) is 12.1. The van der Waals surface area contributed by atoms with Crippen molar-refractivity contribution in [2.75, 3.05) is 0 Å². The van der Waals surface area contributed by atoms with Gasteiger partial charge in [-0.3, -0.25) is 11.3 Å². The van der Waals surface area contributed by atoms with E-state index in [1.807, 2.05) is 6.07 Å². The summed E-state index contributed by atoms with van der Waals surface area (Å²) in [5.41, 5.74) is 3.87. The first-order chi connectivity index (χ1) is 9.10. The molecular weight excluding hydrogens is 263 g/mol. The van der Waals surface area contributed by atoms with Gasteiger partial charge >= 0.3 is 0 Å². The highest BCUT2D eigenvalue weighted by molar-refractivity contribution is 6.30. The summed E-state index contributed by atoms with van der Waals surface area (Å²) in [6.45, 7) is 2.29. The summed E-state index contributed by atoms with van der Waals surface area (Å²) >= 11 is 5.70. The molecule has 0 bridgehead atoms. The summed E-state index contributed by atoms with van der Waals surface area (Å²) in [5, 5.41) is 0.173. The van der Waals surface area contributed by atoms with Gasteiger partial charge in [-0.2, -0.15) is 0 Å². The lowest BCUT2D eigenvalue weighted by atomic mass is 9.77. The molecule has 1 aliphatic rings. The maximum absolute atomic E-state index is 13.5. The Morgan fingerprint density at radius 2 is 2.26 bits per heavy atom. The Bertz CT molecular complexity index is 425. The minimum Gasteiger partial charge on any atom is -0.271 e. The predicted octanol–water partition coefficient (Wildman–Crippen LogP) is 3.68. The Balaban J connectivity index is 2.03. The summed E-state index contributed by atoms with van der Waals surface area (Å²) in [7, 11) is 0. The minimum absolute atomic E-state index is 0.173. The molecule has 1 fully saturated rings. The molecule has 3 unspecified atom stereocenters. The third-order valence-electron chi connectivity index (χ3n) is 4.20.